The Labute approximate surface area is 117 Å². The molecule has 2 rings (SSSR count). The second-order valence-electron chi connectivity index (χ2n) is 4.12. The molecule has 2 amide bonds. The third kappa shape index (κ3) is 3.55. The summed E-state index contributed by atoms with van der Waals surface area (Å²) in [6.45, 7) is 2.84. The monoisotopic (exact) mass is 275 g/mol. The number of anilines is 1. The van der Waals surface area contributed by atoms with Crippen LogP contribution in [0.1, 0.15) is 5.82 Å². The first-order valence-corrected chi connectivity index (χ1v) is 6.21. The van der Waals surface area contributed by atoms with Crippen molar-refractivity contribution in [2.75, 3.05) is 25.6 Å². The molecule has 7 nitrogen and oxygen atoms in total. The lowest BCUT2D eigenvalue weighted by molar-refractivity contribution is 0.198. The number of rotatable bonds is 5. The fourth-order valence-electron chi connectivity index (χ4n) is 1.66. The first-order valence-electron chi connectivity index (χ1n) is 6.21. The largest absolute Gasteiger partial charge is 0.383 e. The molecule has 0 aliphatic heterocycles. The van der Waals surface area contributed by atoms with E-state index in [0.29, 0.717) is 18.8 Å². The SMILES string of the molecule is COCCNC(=O)Nc1ccc(-n2ccnc2C)nc1. The maximum absolute atomic E-state index is 11.5. The Morgan fingerprint density at radius 1 is 1.40 bits per heavy atom. The zero-order valence-electron chi connectivity index (χ0n) is 11.5. The fraction of sp³-hybridized carbons (Fsp3) is 0.308. The maximum atomic E-state index is 11.5. The van der Waals surface area contributed by atoms with Gasteiger partial charge in [-0.3, -0.25) is 4.57 Å². The summed E-state index contributed by atoms with van der Waals surface area (Å²) in [6.07, 6.45) is 5.15. The average molecular weight is 275 g/mol. The minimum atomic E-state index is -0.282. The number of nitrogens with zero attached hydrogens (tertiary/aromatic N) is 3. The molecule has 0 aliphatic rings. The number of nitrogens with one attached hydrogen (secondary N) is 2. The molecule has 0 aromatic carbocycles. The molecule has 0 saturated heterocycles. The molecule has 2 aromatic heterocycles. The second-order valence-corrected chi connectivity index (χ2v) is 4.12. The third-order valence-electron chi connectivity index (χ3n) is 2.67. The van der Waals surface area contributed by atoms with Crippen molar-refractivity contribution >= 4 is 11.7 Å². The van der Waals surface area contributed by atoms with Crippen LogP contribution in [0.4, 0.5) is 10.5 Å². The van der Waals surface area contributed by atoms with Gasteiger partial charge in [-0.25, -0.2) is 14.8 Å². The zero-order chi connectivity index (χ0) is 14.4. The van der Waals surface area contributed by atoms with Crippen molar-refractivity contribution in [3.05, 3.63) is 36.5 Å². The van der Waals surface area contributed by atoms with Crippen LogP contribution in [0.5, 0.6) is 0 Å². The topological polar surface area (TPSA) is 81.1 Å². The summed E-state index contributed by atoms with van der Waals surface area (Å²) in [7, 11) is 1.58. The van der Waals surface area contributed by atoms with Crippen molar-refractivity contribution in [3.63, 3.8) is 0 Å². The number of hydrogen-bond donors (Lipinski definition) is 2. The van der Waals surface area contributed by atoms with E-state index in [4.69, 9.17) is 4.74 Å². The first kappa shape index (κ1) is 14.0. The highest BCUT2D eigenvalue weighted by Crippen LogP contribution is 2.11. The highest BCUT2D eigenvalue weighted by Gasteiger charge is 2.04. The Balaban J connectivity index is 1.95. The minimum Gasteiger partial charge on any atom is -0.383 e. The number of hydrogen-bond acceptors (Lipinski definition) is 4. The van der Waals surface area contributed by atoms with E-state index in [9.17, 15) is 4.79 Å². The molecular formula is C13H17N5O2. The lowest BCUT2D eigenvalue weighted by atomic mass is 10.4. The number of urea groups is 1. The predicted molar refractivity (Wildman–Crippen MR) is 75.0 cm³/mol. The molecular weight excluding hydrogens is 258 g/mol. The normalized spacial score (nSPS) is 10.3. The minimum absolute atomic E-state index is 0.282. The molecule has 7 heteroatoms. The summed E-state index contributed by atoms with van der Waals surface area (Å²) in [5.41, 5.74) is 0.626. The number of pyridine rings is 1. The molecule has 0 fully saturated rings. The molecule has 0 spiro atoms. The van der Waals surface area contributed by atoms with Gasteiger partial charge in [-0.1, -0.05) is 0 Å². The van der Waals surface area contributed by atoms with Crippen LogP contribution in [0.25, 0.3) is 5.82 Å². The molecule has 2 heterocycles. The summed E-state index contributed by atoms with van der Waals surface area (Å²) >= 11 is 0. The van der Waals surface area contributed by atoms with Crippen LogP contribution in [0.2, 0.25) is 0 Å². The van der Waals surface area contributed by atoms with Gasteiger partial charge in [0.25, 0.3) is 0 Å². The van der Waals surface area contributed by atoms with Crippen LogP contribution in [0.15, 0.2) is 30.7 Å². The molecule has 2 N–H and O–H groups in total. The Hall–Kier alpha value is -2.41. The van der Waals surface area contributed by atoms with E-state index in [1.807, 2.05) is 23.8 Å². The number of ether oxygens (including phenoxy) is 1. The predicted octanol–water partition coefficient (Wildman–Crippen LogP) is 1.34. The lowest BCUT2D eigenvalue weighted by Gasteiger charge is -2.08. The molecule has 0 aliphatic carbocycles. The number of methoxy groups -OCH3 is 1. The van der Waals surface area contributed by atoms with Gasteiger partial charge in [-0.05, 0) is 19.1 Å². The molecule has 0 bridgehead atoms. The molecule has 20 heavy (non-hydrogen) atoms. The van der Waals surface area contributed by atoms with Crippen molar-refractivity contribution in [3.8, 4) is 5.82 Å². The maximum Gasteiger partial charge on any atom is 0.319 e. The van der Waals surface area contributed by atoms with Crippen LogP contribution in [-0.4, -0.2) is 40.8 Å². The van der Waals surface area contributed by atoms with Crippen molar-refractivity contribution in [1.82, 2.24) is 19.9 Å². The van der Waals surface area contributed by atoms with E-state index in [2.05, 4.69) is 20.6 Å². The van der Waals surface area contributed by atoms with E-state index in [-0.39, 0.29) is 6.03 Å². The molecule has 0 unspecified atom stereocenters. The van der Waals surface area contributed by atoms with E-state index in [1.165, 1.54) is 0 Å². The number of amides is 2. The van der Waals surface area contributed by atoms with Crippen LogP contribution >= 0.6 is 0 Å². The Morgan fingerprint density at radius 2 is 2.25 bits per heavy atom. The van der Waals surface area contributed by atoms with Crippen LogP contribution in [0.3, 0.4) is 0 Å². The first-order chi connectivity index (χ1) is 9.70. The molecule has 106 valence electrons. The quantitative estimate of drug-likeness (QED) is 0.807. The standard InChI is InChI=1S/C13H17N5O2/c1-10-14-5-7-18(10)12-4-3-11(9-16-12)17-13(19)15-6-8-20-2/h3-5,7,9H,6,8H2,1-2H3,(H2,15,17,19). The zero-order valence-corrected chi connectivity index (χ0v) is 11.5. The Kier molecular flexibility index (Phi) is 4.67. The smallest absolute Gasteiger partial charge is 0.319 e. The molecule has 2 aromatic rings. The van der Waals surface area contributed by atoms with Gasteiger partial charge in [0.15, 0.2) is 0 Å². The van der Waals surface area contributed by atoms with Gasteiger partial charge >= 0.3 is 6.03 Å². The van der Waals surface area contributed by atoms with Gasteiger partial charge < -0.3 is 15.4 Å². The fourth-order valence-corrected chi connectivity index (χ4v) is 1.66. The van der Waals surface area contributed by atoms with Gasteiger partial charge in [0.1, 0.15) is 11.6 Å². The van der Waals surface area contributed by atoms with Crippen molar-refractivity contribution in [2.45, 2.75) is 6.92 Å². The average Bonchev–Trinajstić information content (AvgIpc) is 2.86. The summed E-state index contributed by atoms with van der Waals surface area (Å²) in [6, 6.07) is 3.33. The number of carbonyl (C=O) groups is 1. The van der Waals surface area contributed by atoms with E-state index >= 15 is 0 Å². The van der Waals surface area contributed by atoms with Crippen LogP contribution in [0, 0.1) is 6.92 Å². The second kappa shape index (κ2) is 6.67. The van der Waals surface area contributed by atoms with E-state index in [1.54, 1.807) is 25.6 Å². The van der Waals surface area contributed by atoms with Crippen molar-refractivity contribution in [1.29, 1.82) is 0 Å². The van der Waals surface area contributed by atoms with Crippen LogP contribution < -0.4 is 10.6 Å². The van der Waals surface area contributed by atoms with E-state index in [0.717, 1.165) is 11.6 Å². The van der Waals surface area contributed by atoms with Gasteiger partial charge in [0.05, 0.1) is 18.5 Å². The molecule has 0 radical (unpaired) electrons. The summed E-state index contributed by atoms with van der Waals surface area (Å²) in [5, 5.41) is 5.36. The summed E-state index contributed by atoms with van der Waals surface area (Å²) in [4.78, 5) is 20.0. The van der Waals surface area contributed by atoms with Gasteiger partial charge in [0.2, 0.25) is 0 Å². The van der Waals surface area contributed by atoms with Gasteiger partial charge in [0, 0.05) is 26.0 Å². The summed E-state index contributed by atoms with van der Waals surface area (Å²) in [5.74, 6) is 1.61. The highest BCUT2D eigenvalue weighted by atomic mass is 16.5. The molecule has 0 saturated carbocycles. The molecule has 0 atom stereocenters. The summed E-state index contributed by atoms with van der Waals surface area (Å²) < 4.78 is 6.71. The Morgan fingerprint density at radius 3 is 2.85 bits per heavy atom. The third-order valence-corrected chi connectivity index (χ3v) is 2.67. The van der Waals surface area contributed by atoms with Crippen LogP contribution in [-0.2, 0) is 4.74 Å². The van der Waals surface area contributed by atoms with E-state index < -0.39 is 0 Å². The van der Waals surface area contributed by atoms with Gasteiger partial charge in [-0.2, -0.15) is 0 Å². The number of carbonyl (C=O) groups excluding carboxylic acids is 1. The van der Waals surface area contributed by atoms with Gasteiger partial charge in [-0.15, -0.1) is 0 Å². The number of aromatic nitrogens is 3. The Bertz CT molecular complexity index is 564. The van der Waals surface area contributed by atoms with Crippen molar-refractivity contribution < 1.29 is 9.53 Å². The van der Waals surface area contributed by atoms with Crippen molar-refractivity contribution in [2.24, 2.45) is 0 Å². The number of aryl methyl sites for hydroxylation is 1. The number of imidazole rings is 1. The highest BCUT2D eigenvalue weighted by molar-refractivity contribution is 5.89. The lowest BCUT2D eigenvalue weighted by Crippen LogP contribution is -2.31.